The summed E-state index contributed by atoms with van der Waals surface area (Å²) < 4.78 is 6.01. The summed E-state index contributed by atoms with van der Waals surface area (Å²) in [5.41, 5.74) is 1.14. The fourth-order valence-corrected chi connectivity index (χ4v) is 3.82. The summed E-state index contributed by atoms with van der Waals surface area (Å²) in [4.78, 5) is 24.4. The van der Waals surface area contributed by atoms with Gasteiger partial charge in [-0.05, 0) is 24.3 Å². The van der Waals surface area contributed by atoms with Gasteiger partial charge < -0.3 is 4.74 Å². The number of nitrogens with one attached hydrogen (secondary N) is 1. The Morgan fingerprint density at radius 2 is 1.82 bits per heavy atom. The molecule has 0 saturated heterocycles. The number of benzene rings is 2. The largest absolute Gasteiger partial charge is 0.490 e. The topological polar surface area (TPSA) is 81.2 Å². The average Bonchev–Trinajstić information content (AvgIpc) is 3.18. The van der Waals surface area contributed by atoms with Crippen molar-refractivity contribution in [3.05, 3.63) is 78.4 Å². The van der Waals surface area contributed by atoms with Gasteiger partial charge in [-0.1, -0.05) is 66.1 Å². The molecule has 142 valence electrons. The van der Waals surface area contributed by atoms with E-state index < -0.39 is 0 Å². The quantitative estimate of drug-likeness (QED) is 0.244. The van der Waals surface area contributed by atoms with E-state index in [9.17, 15) is 9.59 Å². The molecule has 1 amide bonds. The van der Waals surface area contributed by atoms with Gasteiger partial charge in [-0.2, -0.15) is 0 Å². The van der Waals surface area contributed by atoms with Gasteiger partial charge in [0.15, 0.2) is 10.1 Å². The maximum atomic E-state index is 12.3. The molecule has 0 aliphatic heterocycles. The first kappa shape index (κ1) is 19.8. The normalized spacial score (nSPS) is 10.3. The van der Waals surface area contributed by atoms with E-state index in [4.69, 9.17) is 4.74 Å². The molecule has 0 atom stereocenters. The predicted octanol–water partition coefficient (Wildman–Crippen LogP) is 4.33. The average molecular weight is 412 g/mol. The lowest BCUT2D eigenvalue weighted by molar-refractivity contribution is 0.101. The predicted molar refractivity (Wildman–Crippen MR) is 111 cm³/mol. The van der Waals surface area contributed by atoms with Crippen LogP contribution in [-0.4, -0.2) is 34.2 Å². The van der Waals surface area contributed by atoms with Crippen LogP contribution in [0.3, 0.4) is 0 Å². The van der Waals surface area contributed by atoms with Crippen molar-refractivity contribution < 1.29 is 14.3 Å². The number of hydrogen-bond acceptors (Lipinski definition) is 7. The Kier molecular flexibility index (Phi) is 6.94. The van der Waals surface area contributed by atoms with Crippen LogP contribution in [0.15, 0.2) is 71.6 Å². The molecule has 28 heavy (non-hydrogen) atoms. The lowest BCUT2D eigenvalue weighted by Gasteiger charge is -2.04. The molecule has 1 N–H and O–H groups in total. The fraction of sp³-hybridized carbons (Fsp3) is 0.100. The van der Waals surface area contributed by atoms with Crippen LogP contribution in [0.25, 0.3) is 0 Å². The standard InChI is InChI=1S/C20H17N3O3S2/c1-2-12-26-16-10-8-15(9-11-16)18(25)21-19-22-23-20(28-19)27-13-17(24)14-6-4-3-5-7-14/h2-11H,1,12-13H2,(H,21,22,25). The number of aromatic nitrogens is 2. The SMILES string of the molecule is C=CCOc1ccc(C(=O)Nc2nnc(SCC(=O)c3ccccc3)s2)cc1. The molecule has 2 aromatic carbocycles. The maximum absolute atomic E-state index is 12.3. The summed E-state index contributed by atoms with van der Waals surface area (Å²) in [5, 5.41) is 11.1. The third kappa shape index (κ3) is 5.51. The number of ketones is 1. The van der Waals surface area contributed by atoms with Crippen LogP contribution in [0.5, 0.6) is 5.75 Å². The molecule has 0 aliphatic rings. The zero-order chi connectivity index (χ0) is 19.8. The summed E-state index contributed by atoms with van der Waals surface area (Å²) in [5.74, 6) is 0.654. The van der Waals surface area contributed by atoms with Crippen LogP contribution in [0, 0.1) is 0 Å². The minimum absolute atomic E-state index is 0.0187. The number of amides is 1. The van der Waals surface area contributed by atoms with Gasteiger partial charge in [0.05, 0.1) is 5.75 Å². The second kappa shape index (κ2) is 9.82. The summed E-state index contributed by atoms with van der Waals surface area (Å²) in [6, 6.07) is 15.9. The second-order valence-electron chi connectivity index (χ2n) is 5.53. The van der Waals surface area contributed by atoms with Gasteiger partial charge in [0.1, 0.15) is 12.4 Å². The Hall–Kier alpha value is -2.97. The van der Waals surface area contributed by atoms with Gasteiger partial charge >= 0.3 is 0 Å². The fourth-order valence-electron chi connectivity index (χ4n) is 2.18. The third-order valence-corrected chi connectivity index (χ3v) is 5.51. The first-order chi connectivity index (χ1) is 13.7. The Morgan fingerprint density at radius 3 is 2.54 bits per heavy atom. The Balaban J connectivity index is 1.53. The molecule has 0 bridgehead atoms. The Bertz CT molecular complexity index is 956. The van der Waals surface area contributed by atoms with Crippen molar-refractivity contribution in [3.8, 4) is 5.75 Å². The molecule has 3 aromatic rings. The molecule has 1 heterocycles. The molecule has 0 saturated carbocycles. The summed E-state index contributed by atoms with van der Waals surface area (Å²) in [6.07, 6.45) is 1.65. The van der Waals surface area contributed by atoms with Crippen LogP contribution >= 0.6 is 23.1 Å². The highest BCUT2D eigenvalue weighted by atomic mass is 32.2. The smallest absolute Gasteiger partial charge is 0.257 e. The van der Waals surface area contributed by atoms with Crippen molar-refractivity contribution in [2.24, 2.45) is 0 Å². The van der Waals surface area contributed by atoms with Gasteiger partial charge in [-0.3, -0.25) is 14.9 Å². The molecule has 0 fully saturated rings. The molecule has 0 spiro atoms. The van der Waals surface area contributed by atoms with Crippen LogP contribution in [0.4, 0.5) is 5.13 Å². The zero-order valence-electron chi connectivity index (χ0n) is 14.8. The molecule has 1 aromatic heterocycles. The van der Waals surface area contributed by atoms with Gasteiger partial charge in [-0.25, -0.2) is 0 Å². The number of anilines is 1. The summed E-state index contributed by atoms with van der Waals surface area (Å²) in [6.45, 7) is 3.99. The Labute approximate surface area is 170 Å². The highest BCUT2D eigenvalue weighted by molar-refractivity contribution is 8.01. The number of carbonyl (C=O) groups is 2. The van der Waals surface area contributed by atoms with Crippen molar-refractivity contribution >= 4 is 39.9 Å². The van der Waals surface area contributed by atoms with Gasteiger partial charge in [0, 0.05) is 11.1 Å². The van der Waals surface area contributed by atoms with Gasteiger partial charge in [0.2, 0.25) is 5.13 Å². The maximum Gasteiger partial charge on any atom is 0.257 e. The van der Waals surface area contributed by atoms with Gasteiger partial charge in [0.25, 0.3) is 5.91 Å². The minimum Gasteiger partial charge on any atom is -0.490 e. The summed E-state index contributed by atoms with van der Waals surface area (Å²) >= 11 is 2.52. The van der Waals surface area contributed by atoms with Crippen LogP contribution in [-0.2, 0) is 0 Å². The van der Waals surface area contributed by atoms with E-state index in [1.54, 1.807) is 42.5 Å². The van der Waals surface area contributed by atoms with Crippen molar-refractivity contribution in [1.82, 2.24) is 10.2 Å². The molecular formula is C20H17N3O3S2. The molecule has 8 heteroatoms. The lowest BCUT2D eigenvalue weighted by atomic mass is 10.2. The van der Waals surface area contributed by atoms with Crippen molar-refractivity contribution in [3.63, 3.8) is 0 Å². The van der Waals surface area contributed by atoms with E-state index in [2.05, 4.69) is 22.1 Å². The molecule has 0 unspecified atom stereocenters. The molecule has 0 radical (unpaired) electrons. The third-order valence-electron chi connectivity index (χ3n) is 3.53. The molecule has 0 aliphatic carbocycles. The van der Waals surface area contributed by atoms with Gasteiger partial charge in [-0.15, -0.1) is 10.2 Å². The van der Waals surface area contributed by atoms with E-state index in [0.29, 0.717) is 33.0 Å². The van der Waals surface area contributed by atoms with E-state index in [-0.39, 0.29) is 17.4 Å². The van der Waals surface area contributed by atoms with E-state index in [1.807, 2.05) is 18.2 Å². The highest BCUT2D eigenvalue weighted by Crippen LogP contribution is 2.26. The first-order valence-corrected chi connectivity index (χ1v) is 10.2. The molecule has 3 rings (SSSR count). The van der Waals surface area contributed by atoms with Crippen LogP contribution in [0.1, 0.15) is 20.7 Å². The second-order valence-corrected chi connectivity index (χ2v) is 7.73. The number of rotatable bonds is 9. The minimum atomic E-state index is -0.289. The van der Waals surface area contributed by atoms with Crippen molar-refractivity contribution in [2.45, 2.75) is 4.34 Å². The van der Waals surface area contributed by atoms with Crippen molar-refractivity contribution in [2.75, 3.05) is 17.7 Å². The Morgan fingerprint density at radius 1 is 1.07 bits per heavy atom. The van der Waals surface area contributed by atoms with E-state index >= 15 is 0 Å². The monoisotopic (exact) mass is 411 g/mol. The number of thioether (sulfide) groups is 1. The van der Waals surface area contributed by atoms with Crippen LogP contribution in [0.2, 0.25) is 0 Å². The number of nitrogens with zero attached hydrogens (tertiary/aromatic N) is 2. The van der Waals surface area contributed by atoms with E-state index in [1.165, 1.54) is 23.1 Å². The lowest BCUT2D eigenvalue weighted by Crippen LogP contribution is -2.11. The van der Waals surface area contributed by atoms with E-state index in [0.717, 1.165) is 0 Å². The molecular weight excluding hydrogens is 394 g/mol. The zero-order valence-corrected chi connectivity index (χ0v) is 16.5. The molecule has 6 nitrogen and oxygen atoms in total. The van der Waals surface area contributed by atoms with Crippen molar-refractivity contribution in [1.29, 1.82) is 0 Å². The highest BCUT2D eigenvalue weighted by Gasteiger charge is 2.12. The van der Waals surface area contributed by atoms with Crippen LogP contribution < -0.4 is 10.1 Å². The number of carbonyl (C=O) groups excluding carboxylic acids is 2. The number of Topliss-reactive ketones (excluding diaryl/α,β-unsaturated/α-hetero) is 1. The summed E-state index contributed by atoms with van der Waals surface area (Å²) in [7, 11) is 0. The number of ether oxygens (including phenoxy) is 1. The number of hydrogen-bond donors (Lipinski definition) is 1. The first-order valence-electron chi connectivity index (χ1n) is 8.35.